The zero-order valence-corrected chi connectivity index (χ0v) is 15.3. The summed E-state index contributed by atoms with van der Waals surface area (Å²) >= 11 is 0. The third kappa shape index (κ3) is 2.97. The van der Waals surface area contributed by atoms with Gasteiger partial charge in [0.15, 0.2) is 0 Å². The minimum Gasteiger partial charge on any atom is -0.339 e. The lowest BCUT2D eigenvalue weighted by atomic mass is 9.82. The van der Waals surface area contributed by atoms with Crippen LogP contribution < -0.4 is 0 Å². The summed E-state index contributed by atoms with van der Waals surface area (Å²) in [5, 5.41) is 0. The highest BCUT2D eigenvalue weighted by atomic mass is 32.2. The highest BCUT2D eigenvalue weighted by Crippen LogP contribution is 2.45. The van der Waals surface area contributed by atoms with E-state index in [1.54, 1.807) is 4.31 Å². The second-order valence-corrected chi connectivity index (χ2v) is 9.09. The van der Waals surface area contributed by atoms with E-state index in [0.717, 1.165) is 24.8 Å². The van der Waals surface area contributed by atoms with Crippen LogP contribution in [0.1, 0.15) is 44.1 Å². The molecule has 0 bridgehead atoms. The summed E-state index contributed by atoms with van der Waals surface area (Å²) in [6.07, 6.45) is 2.87. The zero-order valence-electron chi connectivity index (χ0n) is 14.4. The van der Waals surface area contributed by atoms with Crippen LogP contribution >= 0.6 is 0 Å². The van der Waals surface area contributed by atoms with Gasteiger partial charge in [0.05, 0.1) is 11.7 Å². The van der Waals surface area contributed by atoms with Crippen molar-refractivity contribution in [1.29, 1.82) is 0 Å². The maximum atomic E-state index is 12.8. The van der Waals surface area contributed by atoms with E-state index >= 15 is 0 Å². The first-order chi connectivity index (χ1) is 11.4. The predicted molar refractivity (Wildman–Crippen MR) is 94.2 cm³/mol. The molecular formula is C18H26N2O3S. The van der Waals surface area contributed by atoms with Crippen LogP contribution in [0.15, 0.2) is 30.3 Å². The summed E-state index contributed by atoms with van der Waals surface area (Å²) in [6, 6.07) is 9.91. The minimum absolute atomic E-state index is 0.102. The van der Waals surface area contributed by atoms with Crippen LogP contribution in [0.3, 0.4) is 0 Å². The molecule has 1 aromatic carbocycles. The second kappa shape index (κ2) is 6.48. The lowest BCUT2D eigenvalue weighted by Gasteiger charge is -2.43. The largest absolute Gasteiger partial charge is 0.339 e. The van der Waals surface area contributed by atoms with Crippen molar-refractivity contribution in [3.05, 3.63) is 35.9 Å². The van der Waals surface area contributed by atoms with Crippen LogP contribution in [-0.4, -0.2) is 55.0 Å². The first-order valence-electron chi connectivity index (χ1n) is 8.70. The zero-order chi connectivity index (χ0) is 17.4. The first-order valence-corrected chi connectivity index (χ1v) is 10.3. The molecule has 2 aliphatic rings. The van der Waals surface area contributed by atoms with E-state index in [9.17, 15) is 13.2 Å². The van der Waals surface area contributed by atoms with Gasteiger partial charge in [-0.25, -0.2) is 12.7 Å². The number of amides is 1. The quantitative estimate of drug-likeness (QED) is 0.836. The molecule has 132 valence electrons. The monoisotopic (exact) mass is 350 g/mol. The number of rotatable bonds is 4. The van der Waals surface area contributed by atoms with Gasteiger partial charge in [0, 0.05) is 25.7 Å². The minimum atomic E-state index is -3.15. The topological polar surface area (TPSA) is 57.7 Å². The fourth-order valence-electron chi connectivity index (χ4n) is 4.12. The highest BCUT2D eigenvalue weighted by Gasteiger charge is 2.51. The number of carbonyl (C=O) groups excluding carboxylic acids is 1. The average molecular weight is 350 g/mol. The molecule has 1 aromatic rings. The van der Waals surface area contributed by atoms with Gasteiger partial charge in [-0.3, -0.25) is 4.79 Å². The molecule has 1 atom stereocenters. The maximum absolute atomic E-state index is 12.8. The third-order valence-corrected chi connectivity index (χ3v) is 7.71. The van der Waals surface area contributed by atoms with E-state index in [4.69, 9.17) is 0 Å². The number of likely N-dealkylation sites (tertiary alicyclic amines) is 1. The molecule has 0 N–H and O–H groups in total. The molecule has 0 unspecified atom stereocenters. The normalized spacial score (nSPS) is 24.7. The van der Waals surface area contributed by atoms with Crippen LogP contribution in [0.25, 0.3) is 0 Å². The van der Waals surface area contributed by atoms with Gasteiger partial charge in [-0.05, 0) is 31.2 Å². The average Bonchev–Trinajstić information content (AvgIpc) is 2.82. The number of piperidine rings is 1. The van der Waals surface area contributed by atoms with Gasteiger partial charge in [0.25, 0.3) is 0 Å². The fourth-order valence-corrected chi connectivity index (χ4v) is 5.64. The molecular weight excluding hydrogens is 324 g/mol. The molecule has 0 saturated carbocycles. The van der Waals surface area contributed by atoms with Crippen LogP contribution in [-0.2, 0) is 14.8 Å². The van der Waals surface area contributed by atoms with E-state index in [1.807, 2.05) is 49.2 Å². The molecule has 6 heteroatoms. The second-order valence-electron chi connectivity index (χ2n) is 7.00. The Labute approximate surface area is 144 Å². The number of likely N-dealkylation sites (N-methyl/N-ethyl adjacent to an activating group) is 1. The standard InChI is InChI=1S/C18H26N2O3S/c1-3-13-24(22,23)20-11-9-18(10-12-20)14-16(17(21)19(18)2)15-7-5-4-6-8-15/h4-8,16H,3,9-14H2,1-2H3/t16-/m1/s1. The Morgan fingerprint density at radius 2 is 1.79 bits per heavy atom. The van der Waals surface area contributed by atoms with Gasteiger partial charge >= 0.3 is 0 Å². The number of hydrogen-bond donors (Lipinski definition) is 0. The summed E-state index contributed by atoms with van der Waals surface area (Å²) in [7, 11) is -1.27. The van der Waals surface area contributed by atoms with Gasteiger partial charge in [0.2, 0.25) is 15.9 Å². The van der Waals surface area contributed by atoms with Crippen molar-refractivity contribution in [2.75, 3.05) is 25.9 Å². The van der Waals surface area contributed by atoms with E-state index in [-0.39, 0.29) is 23.1 Å². The lowest BCUT2D eigenvalue weighted by molar-refractivity contribution is -0.131. The van der Waals surface area contributed by atoms with E-state index in [0.29, 0.717) is 19.5 Å². The van der Waals surface area contributed by atoms with E-state index in [1.165, 1.54) is 0 Å². The Kier molecular flexibility index (Phi) is 4.71. The Bertz CT molecular complexity index is 694. The Hall–Kier alpha value is -1.40. The Morgan fingerprint density at radius 3 is 2.38 bits per heavy atom. The molecule has 2 fully saturated rings. The smallest absolute Gasteiger partial charge is 0.230 e. The Morgan fingerprint density at radius 1 is 1.17 bits per heavy atom. The molecule has 0 aliphatic carbocycles. The van der Waals surface area contributed by atoms with Crippen LogP contribution in [0.4, 0.5) is 0 Å². The van der Waals surface area contributed by atoms with Crippen molar-refractivity contribution >= 4 is 15.9 Å². The molecule has 0 radical (unpaired) electrons. The summed E-state index contributed by atoms with van der Waals surface area (Å²) in [5.41, 5.74) is 0.864. The lowest BCUT2D eigenvalue weighted by Crippen LogP contribution is -2.53. The third-order valence-electron chi connectivity index (χ3n) is 5.63. The van der Waals surface area contributed by atoms with Crippen LogP contribution in [0.5, 0.6) is 0 Å². The summed E-state index contributed by atoms with van der Waals surface area (Å²) in [4.78, 5) is 14.6. The van der Waals surface area contributed by atoms with Gasteiger partial charge in [-0.15, -0.1) is 0 Å². The van der Waals surface area contributed by atoms with Crippen LogP contribution in [0, 0.1) is 0 Å². The van der Waals surface area contributed by atoms with Crippen molar-refractivity contribution in [3.63, 3.8) is 0 Å². The number of carbonyl (C=O) groups is 1. The van der Waals surface area contributed by atoms with Gasteiger partial charge in [0.1, 0.15) is 0 Å². The van der Waals surface area contributed by atoms with Crippen molar-refractivity contribution in [2.24, 2.45) is 0 Å². The number of nitrogens with zero attached hydrogens (tertiary/aromatic N) is 2. The highest BCUT2D eigenvalue weighted by molar-refractivity contribution is 7.89. The molecule has 1 amide bonds. The van der Waals surface area contributed by atoms with Gasteiger partial charge in [-0.2, -0.15) is 0 Å². The summed E-state index contributed by atoms with van der Waals surface area (Å²) in [5.74, 6) is 0.266. The van der Waals surface area contributed by atoms with E-state index in [2.05, 4.69) is 0 Å². The molecule has 1 spiro atoms. The van der Waals surface area contributed by atoms with E-state index < -0.39 is 10.0 Å². The van der Waals surface area contributed by atoms with Crippen molar-refractivity contribution in [3.8, 4) is 0 Å². The van der Waals surface area contributed by atoms with Crippen molar-refractivity contribution in [1.82, 2.24) is 9.21 Å². The number of benzene rings is 1. The molecule has 2 saturated heterocycles. The fraction of sp³-hybridized carbons (Fsp3) is 0.611. The molecule has 2 aliphatic heterocycles. The predicted octanol–water partition coefficient (Wildman–Crippen LogP) is 2.21. The SMILES string of the molecule is CCCS(=O)(=O)N1CCC2(CC1)C[C@H](c1ccccc1)C(=O)N2C. The van der Waals surface area contributed by atoms with Crippen molar-refractivity contribution in [2.45, 2.75) is 44.1 Å². The van der Waals surface area contributed by atoms with Gasteiger partial charge in [-0.1, -0.05) is 37.3 Å². The number of sulfonamides is 1. The van der Waals surface area contributed by atoms with Gasteiger partial charge < -0.3 is 4.90 Å². The Balaban J connectivity index is 1.75. The number of hydrogen-bond acceptors (Lipinski definition) is 3. The molecule has 2 heterocycles. The van der Waals surface area contributed by atoms with Crippen LogP contribution in [0.2, 0.25) is 0 Å². The first kappa shape index (κ1) is 17.4. The summed E-state index contributed by atoms with van der Waals surface area (Å²) < 4.78 is 26.1. The summed E-state index contributed by atoms with van der Waals surface area (Å²) in [6.45, 7) is 2.92. The molecule has 3 rings (SSSR count). The molecule has 24 heavy (non-hydrogen) atoms. The maximum Gasteiger partial charge on any atom is 0.230 e. The molecule has 0 aromatic heterocycles. The van der Waals surface area contributed by atoms with Crippen molar-refractivity contribution < 1.29 is 13.2 Å². The molecule has 5 nitrogen and oxygen atoms in total.